The Morgan fingerprint density at radius 2 is 1.62 bits per heavy atom. The molecule has 0 radical (unpaired) electrons. The second kappa shape index (κ2) is 14.5. The Labute approximate surface area is 336 Å². The molecule has 0 unspecified atom stereocenters. The summed E-state index contributed by atoms with van der Waals surface area (Å²) in [5, 5.41) is 18.5. The van der Waals surface area contributed by atoms with Crippen LogP contribution >= 0.6 is 0 Å². The summed E-state index contributed by atoms with van der Waals surface area (Å²) < 4.78 is 12.6. The van der Waals surface area contributed by atoms with Gasteiger partial charge in [0.2, 0.25) is 11.8 Å². The number of carbonyl (C=O) groups is 5. The highest BCUT2D eigenvalue weighted by atomic mass is 16.5. The third-order valence-corrected chi connectivity index (χ3v) is 12.6. The van der Waals surface area contributed by atoms with Crippen molar-refractivity contribution in [1.29, 1.82) is 5.26 Å². The van der Waals surface area contributed by atoms with E-state index < -0.39 is 29.7 Å². The molecule has 2 aromatic carbocycles. The van der Waals surface area contributed by atoms with Crippen molar-refractivity contribution >= 4 is 35.4 Å². The van der Waals surface area contributed by atoms with Crippen molar-refractivity contribution in [3.63, 3.8) is 0 Å². The van der Waals surface area contributed by atoms with Crippen LogP contribution in [0.3, 0.4) is 0 Å². The van der Waals surface area contributed by atoms with Crippen LogP contribution in [0.15, 0.2) is 42.7 Å². The Morgan fingerprint density at radius 1 is 0.931 bits per heavy atom. The molecule has 3 aromatic rings. The van der Waals surface area contributed by atoms with Crippen molar-refractivity contribution in [3.8, 4) is 17.6 Å². The van der Waals surface area contributed by atoms with E-state index in [1.54, 1.807) is 24.4 Å². The standard InChI is InChI=1S/C43H48N8O7/c1-22-11-27(12-23(2)31(22)16-44)58-41-42(3,4)40(43(41,5)6)49-36(53)32-18-47-34(19-46-32)50-20-24(21-50)17-45-25-13-28(14-25)57-26-7-8-29-30(15-26)39(56)51(38(29)55)33-9-10-35(52)48-37(33)54/h7-8,11-12,15,18-19,24-25,28,33,40-41,45H,9-10,13-14,17,20-21H2,1-6H3,(H,49,53)(H,48,52,54)/t25?,28?,33-,40?,41?/m1/s1. The molecule has 302 valence electrons. The minimum Gasteiger partial charge on any atom is -0.490 e. The van der Waals surface area contributed by atoms with Crippen molar-refractivity contribution in [3.05, 3.63) is 76.2 Å². The lowest BCUT2D eigenvalue weighted by Gasteiger charge is -2.63. The number of piperidine rings is 1. The van der Waals surface area contributed by atoms with Crippen LogP contribution in [-0.2, 0) is 9.59 Å². The number of amides is 5. The number of aryl methyl sites for hydroxylation is 2. The summed E-state index contributed by atoms with van der Waals surface area (Å²) in [5.41, 5.74) is 2.36. The van der Waals surface area contributed by atoms with E-state index in [0.717, 1.165) is 60.1 Å². The quantitative estimate of drug-likeness (QED) is 0.239. The fourth-order valence-corrected chi connectivity index (χ4v) is 9.67. The fourth-order valence-electron chi connectivity index (χ4n) is 9.67. The van der Waals surface area contributed by atoms with Gasteiger partial charge in [0.25, 0.3) is 17.7 Å². The number of fused-ring (bicyclic) bond motifs is 1. The average molecular weight is 789 g/mol. The third-order valence-electron chi connectivity index (χ3n) is 12.6. The first kappa shape index (κ1) is 39.0. The molecule has 4 heterocycles. The van der Waals surface area contributed by atoms with E-state index in [2.05, 4.69) is 64.6 Å². The zero-order valence-corrected chi connectivity index (χ0v) is 33.5. The van der Waals surface area contributed by atoms with Gasteiger partial charge in [-0.3, -0.25) is 34.2 Å². The lowest BCUT2D eigenvalue weighted by molar-refractivity contribution is -0.164. The molecule has 8 rings (SSSR count). The van der Waals surface area contributed by atoms with Gasteiger partial charge in [0.1, 0.15) is 41.3 Å². The molecule has 0 bridgehead atoms. The highest BCUT2D eigenvalue weighted by molar-refractivity contribution is 6.23. The Kier molecular flexibility index (Phi) is 9.74. The molecule has 5 amide bonds. The van der Waals surface area contributed by atoms with Gasteiger partial charge in [-0.05, 0) is 74.6 Å². The van der Waals surface area contributed by atoms with E-state index in [9.17, 15) is 29.2 Å². The first-order chi connectivity index (χ1) is 27.5. The number of rotatable bonds is 11. The van der Waals surface area contributed by atoms with Gasteiger partial charge in [0.05, 0.1) is 35.2 Å². The number of nitriles is 1. The Morgan fingerprint density at radius 3 is 2.26 bits per heavy atom. The summed E-state index contributed by atoms with van der Waals surface area (Å²) in [6.45, 7) is 14.7. The predicted octanol–water partition coefficient (Wildman–Crippen LogP) is 3.61. The minimum atomic E-state index is -1.01. The molecule has 2 saturated heterocycles. The van der Waals surface area contributed by atoms with Gasteiger partial charge in [-0.1, -0.05) is 27.7 Å². The zero-order chi connectivity index (χ0) is 41.3. The van der Waals surface area contributed by atoms with Crippen molar-refractivity contribution < 1.29 is 33.4 Å². The third kappa shape index (κ3) is 6.82. The summed E-state index contributed by atoms with van der Waals surface area (Å²) in [5.74, 6) is -0.0504. The number of hydrogen-bond acceptors (Lipinski definition) is 12. The SMILES string of the molecule is Cc1cc(OC2C(C)(C)C(NC(=O)c3cnc(N4CC(CNC5CC(Oc6ccc7c(c6)C(=O)N([C@@H]6CCC(=O)NC6=O)C7=O)C5)C4)cn3)C2(C)C)cc(C)c1C#N. The monoisotopic (exact) mass is 788 g/mol. The normalized spacial score (nSPS) is 25.8. The van der Waals surface area contributed by atoms with E-state index in [4.69, 9.17) is 9.47 Å². The molecule has 4 fully saturated rings. The maximum atomic E-state index is 13.4. The molecule has 2 aliphatic carbocycles. The van der Waals surface area contributed by atoms with E-state index in [1.807, 2.05) is 26.0 Å². The summed E-state index contributed by atoms with van der Waals surface area (Å²) in [7, 11) is 0. The number of anilines is 1. The van der Waals surface area contributed by atoms with E-state index in [0.29, 0.717) is 23.3 Å². The number of aromatic nitrogens is 2. The maximum Gasteiger partial charge on any atom is 0.271 e. The van der Waals surface area contributed by atoms with E-state index >= 15 is 0 Å². The van der Waals surface area contributed by atoms with Crippen molar-refractivity contribution in [2.75, 3.05) is 24.5 Å². The molecule has 5 aliphatic rings. The van der Waals surface area contributed by atoms with Gasteiger partial charge in [0.15, 0.2) is 0 Å². The van der Waals surface area contributed by atoms with Crippen LogP contribution < -0.4 is 30.3 Å². The number of benzene rings is 2. The molecule has 58 heavy (non-hydrogen) atoms. The molecule has 3 N–H and O–H groups in total. The topological polar surface area (TPSA) is 196 Å². The number of nitrogens with zero attached hydrogens (tertiary/aromatic N) is 5. The summed E-state index contributed by atoms with van der Waals surface area (Å²) in [6, 6.07) is 9.98. The van der Waals surface area contributed by atoms with Crippen LogP contribution in [0.1, 0.15) is 101 Å². The average Bonchev–Trinajstić information content (AvgIpc) is 3.38. The molecule has 1 atom stereocenters. The van der Waals surface area contributed by atoms with Crippen LogP contribution in [0.5, 0.6) is 11.5 Å². The second-order valence-electron chi connectivity index (χ2n) is 17.6. The molecular formula is C43H48N8O7. The largest absolute Gasteiger partial charge is 0.490 e. The summed E-state index contributed by atoms with van der Waals surface area (Å²) in [6.07, 6.45) is 4.77. The Hall–Kier alpha value is -5.88. The van der Waals surface area contributed by atoms with Gasteiger partial charge in [0, 0.05) is 54.9 Å². The van der Waals surface area contributed by atoms with E-state index in [-0.39, 0.29) is 64.6 Å². The Balaban J connectivity index is 0.761. The fraction of sp³-hybridized carbons (Fsp3) is 0.488. The lowest BCUT2D eigenvalue weighted by atomic mass is 9.49. The number of hydrogen-bond donors (Lipinski definition) is 3. The van der Waals surface area contributed by atoms with Crippen molar-refractivity contribution in [2.24, 2.45) is 16.7 Å². The predicted molar refractivity (Wildman–Crippen MR) is 210 cm³/mol. The number of ether oxygens (including phenoxy) is 2. The highest BCUT2D eigenvalue weighted by Gasteiger charge is 2.64. The zero-order valence-electron chi connectivity index (χ0n) is 33.5. The van der Waals surface area contributed by atoms with Crippen molar-refractivity contribution in [2.45, 2.75) is 97.6 Å². The van der Waals surface area contributed by atoms with Crippen LogP contribution in [-0.4, -0.2) is 94.4 Å². The second-order valence-corrected chi connectivity index (χ2v) is 17.6. The first-order valence-electron chi connectivity index (χ1n) is 19.9. The summed E-state index contributed by atoms with van der Waals surface area (Å²) >= 11 is 0. The molecule has 0 spiro atoms. The maximum absolute atomic E-state index is 13.4. The van der Waals surface area contributed by atoms with Crippen molar-refractivity contribution in [1.82, 2.24) is 30.8 Å². The van der Waals surface area contributed by atoms with Gasteiger partial charge >= 0.3 is 0 Å². The van der Waals surface area contributed by atoms with Crippen LogP contribution in [0, 0.1) is 41.9 Å². The summed E-state index contributed by atoms with van der Waals surface area (Å²) in [4.78, 5) is 75.5. The van der Waals surface area contributed by atoms with Gasteiger partial charge in [-0.25, -0.2) is 9.97 Å². The number of carbonyl (C=O) groups excluding carboxylic acids is 5. The smallest absolute Gasteiger partial charge is 0.271 e. The molecule has 3 aliphatic heterocycles. The molecule has 1 aromatic heterocycles. The number of imide groups is 2. The molecule has 15 nitrogen and oxygen atoms in total. The number of nitrogens with one attached hydrogen (secondary N) is 3. The molecule has 15 heteroatoms. The lowest BCUT2D eigenvalue weighted by Crippen LogP contribution is -2.74. The molecule has 2 saturated carbocycles. The van der Waals surface area contributed by atoms with Gasteiger partial charge in [-0.2, -0.15) is 5.26 Å². The van der Waals surface area contributed by atoms with Crippen LogP contribution in [0.2, 0.25) is 0 Å². The Bertz CT molecular complexity index is 2220. The van der Waals surface area contributed by atoms with Crippen LogP contribution in [0.25, 0.3) is 0 Å². The van der Waals surface area contributed by atoms with Gasteiger partial charge in [-0.15, -0.1) is 0 Å². The van der Waals surface area contributed by atoms with E-state index in [1.165, 1.54) is 6.20 Å². The highest BCUT2D eigenvalue weighted by Crippen LogP contribution is 2.55. The molecular weight excluding hydrogens is 741 g/mol. The minimum absolute atomic E-state index is 0.0309. The van der Waals surface area contributed by atoms with Gasteiger partial charge < -0.3 is 25.0 Å². The first-order valence-corrected chi connectivity index (χ1v) is 19.9. The van der Waals surface area contributed by atoms with Crippen LogP contribution in [0.4, 0.5) is 5.82 Å².